The van der Waals surface area contributed by atoms with Crippen molar-refractivity contribution in [3.63, 3.8) is 0 Å². The molecule has 2 unspecified atom stereocenters. The van der Waals surface area contributed by atoms with Crippen LogP contribution in [0.1, 0.15) is 37.7 Å². The van der Waals surface area contributed by atoms with Gasteiger partial charge in [-0.2, -0.15) is 0 Å². The first-order valence-electron chi connectivity index (χ1n) is 11.0. The Morgan fingerprint density at radius 3 is 2.39 bits per heavy atom. The van der Waals surface area contributed by atoms with Crippen LogP contribution in [0.15, 0.2) is 24.3 Å². The van der Waals surface area contributed by atoms with Gasteiger partial charge < -0.3 is 20.1 Å². The first-order valence-corrected chi connectivity index (χ1v) is 11.0. The van der Waals surface area contributed by atoms with E-state index in [0.717, 1.165) is 37.8 Å². The highest BCUT2D eigenvalue weighted by atomic mass is 16.5. The topological polar surface area (TPSA) is 99.2 Å². The molecule has 2 aliphatic rings. The number of carbonyl (C=O) groups is 3. The monoisotopic (exact) mass is 431 g/mol. The van der Waals surface area contributed by atoms with Crippen molar-refractivity contribution in [3.05, 3.63) is 29.8 Å². The molecule has 2 amide bonds. The molecular weight excluding hydrogens is 398 g/mol. The first-order chi connectivity index (χ1) is 14.9. The summed E-state index contributed by atoms with van der Waals surface area (Å²) in [6.45, 7) is 2.32. The number of piperidine rings is 1. The fraction of sp³-hybridized carbons (Fsp3) is 0.609. The van der Waals surface area contributed by atoms with Crippen molar-refractivity contribution in [2.75, 3.05) is 33.8 Å². The average Bonchev–Trinajstić information content (AvgIpc) is 3.20. The van der Waals surface area contributed by atoms with Crippen LogP contribution >= 0.6 is 0 Å². The standard InChI is InChI=1S/C23H33N3O5/c1-25-11-3-4-20(25)22(29)26-12-9-17(10-13-26)15-21(28)24-19(23(30)31-2)14-16-5-7-18(27)8-6-16/h5-8,17,19-20,27H,3-4,9-15H2,1-2H3,(H,24,28). The van der Waals surface area contributed by atoms with E-state index in [2.05, 4.69) is 10.2 Å². The fourth-order valence-electron chi connectivity index (χ4n) is 4.51. The number of methoxy groups -OCH3 is 1. The van der Waals surface area contributed by atoms with Crippen LogP contribution in [-0.4, -0.2) is 78.6 Å². The van der Waals surface area contributed by atoms with Crippen molar-refractivity contribution in [3.8, 4) is 5.75 Å². The molecule has 2 aliphatic heterocycles. The van der Waals surface area contributed by atoms with E-state index in [-0.39, 0.29) is 29.5 Å². The Morgan fingerprint density at radius 1 is 1.13 bits per heavy atom. The van der Waals surface area contributed by atoms with Crippen LogP contribution in [0.5, 0.6) is 5.75 Å². The van der Waals surface area contributed by atoms with Crippen LogP contribution in [0, 0.1) is 5.92 Å². The lowest BCUT2D eigenvalue weighted by atomic mass is 9.92. The van der Waals surface area contributed by atoms with Crippen LogP contribution in [0.4, 0.5) is 0 Å². The predicted molar refractivity (Wildman–Crippen MR) is 115 cm³/mol. The predicted octanol–water partition coefficient (Wildman–Crippen LogP) is 1.32. The summed E-state index contributed by atoms with van der Waals surface area (Å²) in [5, 5.41) is 12.2. The summed E-state index contributed by atoms with van der Waals surface area (Å²) in [6.07, 6.45) is 4.19. The van der Waals surface area contributed by atoms with E-state index in [0.29, 0.717) is 25.9 Å². The third kappa shape index (κ3) is 6.19. The van der Waals surface area contributed by atoms with E-state index in [1.165, 1.54) is 7.11 Å². The van der Waals surface area contributed by atoms with Crippen molar-refractivity contribution in [1.82, 2.24) is 15.1 Å². The number of phenols is 1. The molecule has 0 saturated carbocycles. The second-order valence-corrected chi connectivity index (χ2v) is 8.63. The number of nitrogens with zero attached hydrogens (tertiary/aromatic N) is 2. The van der Waals surface area contributed by atoms with Crippen LogP contribution < -0.4 is 5.32 Å². The number of carbonyl (C=O) groups excluding carboxylic acids is 3. The molecule has 0 bridgehead atoms. The number of ether oxygens (including phenoxy) is 1. The van der Waals surface area contributed by atoms with Crippen molar-refractivity contribution < 1.29 is 24.2 Å². The molecule has 1 aromatic rings. The molecule has 170 valence electrons. The summed E-state index contributed by atoms with van der Waals surface area (Å²) in [5.74, 6) is -0.135. The molecule has 8 heteroatoms. The number of amides is 2. The molecule has 8 nitrogen and oxygen atoms in total. The molecular formula is C23H33N3O5. The quantitative estimate of drug-likeness (QED) is 0.632. The van der Waals surface area contributed by atoms with Crippen molar-refractivity contribution in [2.45, 2.75) is 50.6 Å². The third-order valence-electron chi connectivity index (χ3n) is 6.40. The Balaban J connectivity index is 1.48. The average molecular weight is 432 g/mol. The first kappa shape index (κ1) is 23.1. The minimum atomic E-state index is -0.776. The van der Waals surface area contributed by atoms with Gasteiger partial charge in [-0.25, -0.2) is 4.79 Å². The molecule has 2 saturated heterocycles. The van der Waals surface area contributed by atoms with Gasteiger partial charge in [0.05, 0.1) is 13.2 Å². The second kappa shape index (κ2) is 10.6. The number of phenolic OH excluding ortho intramolecular Hbond substituents is 1. The molecule has 0 radical (unpaired) electrons. The summed E-state index contributed by atoms with van der Waals surface area (Å²) >= 11 is 0. The lowest BCUT2D eigenvalue weighted by molar-refractivity contribution is -0.145. The summed E-state index contributed by atoms with van der Waals surface area (Å²) in [4.78, 5) is 41.5. The smallest absolute Gasteiger partial charge is 0.328 e. The fourth-order valence-corrected chi connectivity index (χ4v) is 4.51. The van der Waals surface area contributed by atoms with Crippen molar-refractivity contribution in [1.29, 1.82) is 0 Å². The SMILES string of the molecule is COC(=O)C(Cc1ccc(O)cc1)NC(=O)CC1CCN(C(=O)C2CCCN2C)CC1. The molecule has 3 rings (SSSR count). The molecule has 2 fully saturated rings. The van der Waals surface area contributed by atoms with E-state index in [1.807, 2.05) is 11.9 Å². The lowest BCUT2D eigenvalue weighted by Crippen LogP contribution is -2.48. The van der Waals surface area contributed by atoms with Gasteiger partial charge in [-0.3, -0.25) is 14.5 Å². The molecule has 2 atom stereocenters. The van der Waals surface area contributed by atoms with Crippen LogP contribution in [0.2, 0.25) is 0 Å². The third-order valence-corrected chi connectivity index (χ3v) is 6.40. The maximum Gasteiger partial charge on any atom is 0.328 e. The summed E-state index contributed by atoms with van der Waals surface area (Å²) in [7, 11) is 3.30. The van der Waals surface area contributed by atoms with Crippen molar-refractivity contribution in [2.24, 2.45) is 5.92 Å². The van der Waals surface area contributed by atoms with Gasteiger partial charge in [0.1, 0.15) is 11.8 Å². The van der Waals surface area contributed by atoms with Gasteiger partial charge in [-0.15, -0.1) is 0 Å². The highest BCUT2D eigenvalue weighted by molar-refractivity contribution is 5.85. The molecule has 0 aliphatic carbocycles. The van der Waals surface area contributed by atoms with Crippen LogP contribution in [0.25, 0.3) is 0 Å². The van der Waals surface area contributed by atoms with Crippen LogP contribution in [-0.2, 0) is 25.5 Å². The molecule has 0 spiro atoms. The number of benzene rings is 1. The maximum atomic E-state index is 12.7. The summed E-state index contributed by atoms with van der Waals surface area (Å²) in [6, 6.07) is 5.74. The molecule has 0 aromatic heterocycles. The zero-order valence-corrected chi connectivity index (χ0v) is 18.4. The van der Waals surface area contributed by atoms with E-state index >= 15 is 0 Å². The molecule has 2 N–H and O–H groups in total. The molecule has 2 heterocycles. The maximum absolute atomic E-state index is 12.7. The van der Waals surface area contributed by atoms with E-state index < -0.39 is 12.0 Å². The van der Waals surface area contributed by atoms with Gasteiger partial charge in [-0.05, 0) is 62.9 Å². The highest BCUT2D eigenvalue weighted by Crippen LogP contribution is 2.24. The van der Waals surface area contributed by atoms with Crippen LogP contribution in [0.3, 0.4) is 0 Å². The number of hydrogen-bond acceptors (Lipinski definition) is 6. The Bertz CT molecular complexity index is 774. The Kier molecular flexibility index (Phi) is 7.90. The number of likely N-dealkylation sites (N-methyl/N-ethyl adjacent to an activating group) is 1. The Morgan fingerprint density at radius 2 is 1.81 bits per heavy atom. The Hall–Kier alpha value is -2.61. The van der Waals surface area contributed by atoms with E-state index in [9.17, 15) is 19.5 Å². The second-order valence-electron chi connectivity index (χ2n) is 8.63. The summed E-state index contributed by atoms with van der Waals surface area (Å²) in [5.41, 5.74) is 0.817. The number of rotatable bonds is 7. The van der Waals surface area contributed by atoms with Gasteiger partial charge in [0.2, 0.25) is 11.8 Å². The van der Waals surface area contributed by atoms with Gasteiger partial charge in [0.25, 0.3) is 0 Å². The molecule has 31 heavy (non-hydrogen) atoms. The Labute approximate surface area is 183 Å². The highest BCUT2D eigenvalue weighted by Gasteiger charge is 2.33. The van der Waals surface area contributed by atoms with Gasteiger partial charge in [0, 0.05) is 25.9 Å². The number of esters is 1. The number of nitrogens with one attached hydrogen (secondary N) is 1. The zero-order valence-electron chi connectivity index (χ0n) is 18.4. The van der Waals surface area contributed by atoms with E-state index in [4.69, 9.17) is 4.74 Å². The number of likely N-dealkylation sites (tertiary alicyclic amines) is 2. The number of hydrogen-bond donors (Lipinski definition) is 2. The van der Waals surface area contributed by atoms with Gasteiger partial charge >= 0.3 is 5.97 Å². The van der Waals surface area contributed by atoms with E-state index in [1.54, 1.807) is 24.3 Å². The summed E-state index contributed by atoms with van der Waals surface area (Å²) < 4.78 is 4.85. The zero-order chi connectivity index (χ0) is 22.4. The minimum Gasteiger partial charge on any atom is -0.508 e. The molecule has 1 aromatic carbocycles. The van der Waals surface area contributed by atoms with Gasteiger partial charge in [-0.1, -0.05) is 12.1 Å². The number of aromatic hydroxyl groups is 1. The largest absolute Gasteiger partial charge is 0.508 e. The van der Waals surface area contributed by atoms with Crippen molar-refractivity contribution >= 4 is 17.8 Å². The minimum absolute atomic E-state index is 0.000520. The normalized spacial score (nSPS) is 21.0. The van der Waals surface area contributed by atoms with Gasteiger partial charge in [0.15, 0.2) is 0 Å². The lowest BCUT2D eigenvalue weighted by Gasteiger charge is -2.34.